The molecule has 1 aromatic heterocycles. The van der Waals surface area contributed by atoms with Gasteiger partial charge in [-0.3, -0.25) is 0 Å². The zero-order valence-corrected chi connectivity index (χ0v) is 12.6. The van der Waals surface area contributed by atoms with E-state index in [0.717, 1.165) is 42.7 Å². The van der Waals surface area contributed by atoms with E-state index >= 15 is 0 Å². The summed E-state index contributed by atoms with van der Waals surface area (Å²) in [4.78, 5) is 4.54. The zero-order valence-electron chi connectivity index (χ0n) is 12.6. The summed E-state index contributed by atoms with van der Waals surface area (Å²) >= 11 is 0. The molecule has 21 heavy (non-hydrogen) atoms. The largest absolute Gasteiger partial charge is 0.379 e. The van der Waals surface area contributed by atoms with Crippen LogP contribution in [-0.2, 0) is 4.74 Å². The lowest BCUT2D eigenvalue weighted by Crippen LogP contribution is -2.08. The minimum Gasteiger partial charge on any atom is -0.379 e. The Morgan fingerprint density at radius 1 is 1.29 bits per heavy atom. The molecule has 0 saturated carbocycles. The van der Waals surface area contributed by atoms with Crippen LogP contribution in [0.2, 0.25) is 0 Å². The monoisotopic (exact) mass is 283 g/mol. The fraction of sp³-hybridized carbons (Fsp3) is 0.412. The molecule has 1 N–H and O–H groups in total. The lowest BCUT2D eigenvalue weighted by atomic mass is 10.1. The molecule has 0 amide bonds. The fourth-order valence-electron chi connectivity index (χ4n) is 2.12. The van der Waals surface area contributed by atoms with Crippen molar-refractivity contribution >= 4 is 16.7 Å². The van der Waals surface area contributed by atoms with Crippen molar-refractivity contribution in [2.24, 2.45) is 0 Å². The number of unbranched alkanes of at least 4 members (excludes halogenated alkanes) is 1. The second-order valence-electron chi connectivity index (χ2n) is 5.24. The number of nitrogens with one attached hydrogen (secondary N) is 1. The summed E-state index contributed by atoms with van der Waals surface area (Å²) in [6, 6.07) is 11.8. The van der Waals surface area contributed by atoms with Crippen molar-refractivity contribution in [1.82, 2.24) is 4.98 Å². The van der Waals surface area contributed by atoms with Gasteiger partial charge in [0.05, 0.1) is 23.3 Å². The highest BCUT2D eigenvalue weighted by molar-refractivity contribution is 5.86. The van der Waals surface area contributed by atoms with E-state index in [-0.39, 0.29) is 0 Å². The Morgan fingerprint density at radius 3 is 2.86 bits per heavy atom. The molecule has 0 aliphatic carbocycles. The van der Waals surface area contributed by atoms with Gasteiger partial charge in [-0.1, -0.05) is 18.2 Å². The average Bonchev–Trinajstić information content (AvgIpc) is 2.49. The van der Waals surface area contributed by atoms with Gasteiger partial charge in [-0.05, 0) is 38.8 Å². The topological polar surface area (TPSA) is 57.9 Å². The standard InChI is InChI=1S/C17H21N3O/c1-13(2)21-10-6-5-9-19-17-11-14(12-18)15-7-3-4-8-16(15)20-17/h3-4,7-8,11,13H,5-6,9-10H2,1-2H3,(H,19,20). The molecular weight excluding hydrogens is 262 g/mol. The van der Waals surface area contributed by atoms with Gasteiger partial charge in [0, 0.05) is 18.5 Å². The molecule has 2 aromatic rings. The van der Waals surface area contributed by atoms with Gasteiger partial charge in [0.15, 0.2) is 0 Å². The predicted octanol–water partition coefficient (Wildman–Crippen LogP) is 3.72. The minimum atomic E-state index is 0.290. The molecule has 1 aromatic carbocycles. The van der Waals surface area contributed by atoms with Crippen LogP contribution in [0.25, 0.3) is 10.9 Å². The number of nitrogens with zero attached hydrogens (tertiary/aromatic N) is 2. The zero-order chi connectivity index (χ0) is 15.1. The second-order valence-corrected chi connectivity index (χ2v) is 5.24. The molecule has 1 heterocycles. The molecule has 0 radical (unpaired) electrons. The molecule has 110 valence electrons. The number of nitriles is 1. The highest BCUT2D eigenvalue weighted by atomic mass is 16.5. The van der Waals surface area contributed by atoms with Crippen molar-refractivity contribution in [3.05, 3.63) is 35.9 Å². The number of aromatic nitrogens is 1. The summed E-state index contributed by atoms with van der Waals surface area (Å²) in [6.45, 7) is 5.70. The summed E-state index contributed by atoms with van der Waals surface area (Å²) in [7, 11) is 0. The Balaban J connectivity index is 1.92. The third-order valence-corrected chi connectivity index (χ3v) is 3.17. The summed E-state index contributed by atoms with van der Waals surface area (Å²) in [6.07, 6.45) is 2.32. The molecule has 0 aliphatic heterocycles. The van der Waals surface area contributed by atoms with Crippen molar-refractivity contribution in [3.8, 4) is 6.07 Å². The Kier molecular flexibility index (Phi) is 5.53. The Labute approximate surface area is 125 Å². The van der Waals surface area contributed by atoms with Gasteiger partial charge in [-0.25, -0.2) is 4.98 Å². The maximum atomic E-state index is 9.23. The highest BCUT2D eigenvalue weighted by Crippen LogP contribution is 2.19. The Hall–Kier alpha value is -2.12. The van der Waals surface area contributed by atoms with Gasteiger partial charge >= 0.3 is 0 Å². The average molecular weight is 283 g/mol. The predicted molar refractivity (Wildman–Crippen MR) is 85.3 cm³/mol. The van der Waals surface area contributed by atoms with Gasteiger partial charge in [0.1, 0.15) is 5.82 Å². The van der Waals surface area contributed by atoms with Gasteiger partial charge in [0.25, 0.3) is 0 Å². The lowest BCUT2D eigenvalue weighted by Gasteiger charge is -2.09. The van der Waals surface area contributed by atoms with Crippen LogP contribution in [0.15, 0.2) is 30.3 Å². The molecule has 0 unspecified atom stereocenters. The van der Waals surface area contributed by atoms with Crippen LogP contribution in [0.5, 0.6) is 0 Å². The third kappa shape index (κ3) is 4.44. The quantitative estimate of drug-likeness (QED) is 0.787. The molecular formula is C17H21N3O. The third-order valence-electron chi connectivity index (χ3n) is 3.17. The Morgan fingerprint density at radius 2 is 2.10 bits per heavy atom. The number of rotatable bonds is 7. The van der Waals surface area contributed by atoms with Crippen molar-refractivity contribution in [2.75, 3.05) is 18.5 Å². The fourth-order valence-corrected chi connectivity index (χ4v) is 2.12. The first kappa shape index (κ1) is 15.3. The van der Waals surface area contributed by atoms with E-state index in [4.69, 9.17) is 4.74 Å². The normalized spacial score (nSPS) is 10.8. The smallest absolute Gasteiger partial charge is 0.127 e. The first-order chi connectivity index (χ1) is 10.2. The van der Waals surface area contributed by atoms with Crippen molar-refractivity contribution in [2.45, 2.75) is 32.8 Å². The number of anilines is 1. The number of para-hydroxylation sites is 1. The molecule has 0 bridgehead atoms. The van der Waals surface area contributed by atoms with E-state index in [2.05, 4.69) is 16.4 Å². The van der Waals surface area contributed by atoms with Crippen molar-refractivity contribution in [1.29, 1.82) is 5.26 Å². The van der Waals surface area contributed by atoms with Crippen LogP contribution in [0.3, 0.4) is 0 Å². The van der Waals surface area contributed by atoms with Crippen molar-refractivity contribution < 1.29 is 4.74 Å². The van der Waals surface area contributed by atoms with Crippen LogP contribution in [0.4, 0.5) is 5.82 Å². The summed E-state index contributed by atoms with van der Waals surface area (Å²) in [5.74, 6) is 0.759. The van der Waals surface area contributed by atoms with Crippen molar-refractivity contribution in [3.63, 3.8) is 0 Å². The van der Waals surface area contributed by atoms with E-state index in [1.165, 1.54) is 0 Å². The minimum absolute atomic E-state index is 0.290. The van der Waals surface area contributed by atoms with E-state index in [1.54, 1.807) is 0 Å². The van der Waals surface area contributed by atoms with Gasteiger partial charge in [-0.15, -0.1) is 0 Å². The maximum absolute atomic E-state index is 9.23. The van der Waals surface area contributed by atoms with Crippen LogP contribution in [-0.4, -0.2) is 24.2 Å². The highest BCUT2D eigenvalue weighted by Gasteiger charge is 2.04. The van der Waals surface area contributed by atoms with Crippen LogP contribution >= 0.6 is 0 Å². The van der Waals surface area contributed by atoms with Gasteiger partial charge in [-0.2, -0.15) is 5.26 Å². The molecule has 4 heteroatoms. The number of benzene rings is 1. The number of hydrogen-bond donors (Lipinski definition) is 1. The van der Waals surface area contributed by atoms with E-state index in [9.17, 15) is 5.26 Å². The first-order valence-electron chi connectivity index (χ1n) is 7.36. The number of fused-ring (bicyclic) bond motifs is 1. The number of ether oxygens (including phenoxy) is 1. The summed E-state index contributed by atoms with van der Waals surface area (Å²) in [5, 5.41) is 13.4. The molecule has 2 rings (SSSR count). The first-order valence-corrected chi connectivity index (χ1v) is 7.36. The molecule has 0 aliphatic rings. The van der Waals surface area contributed by atoms with Gasteiger partial charge in [0.2, 0.25) is 0 Å². The molecule has 0 atom stereocenters. The maximum Gasteiger partial charge on any atom is 0.127 e. The van der Waals surface area contributed by atoms with E-state index < -0.39 is 0 Å². The summed E-state index contributed by atoms with van der Waals surface area (Å²) in [5.41, 5.74) is 1.51. The molecule has 0 fully saturated rings. The Bertz CT molecular complexity index is 631. The lowest BCUT2D eigenvalue weighted by molar-refractivity contribution is 0.0765. The van der Waals surface area contributed by atoms with Crippen LogP contribution < -0.4 is 5.32 Å². The molecule has 4 nitrogen and oxygen atoms in total. The van der Waals surface area contributed by atoms with E-state index in [1.807, 2.05) is 44.2 Å². The van der Waals surface area contributed by atoms with E-state index in [0.29, 0.717) is 11.7 Å². The van der Waals surface area contributed by atoms with Crippen LogP contribution in [0, 0.1) is 11.3 Å². The van der Waals surface area contributed by atoms with Crippen LogP contribution in [0.1, 0.15) is 32.3 Å². The second kappa shape index (κ2) is 7.61. The SMILES string of the molecule is CC(C)OCCCCNc1cc(C#N)c2ccccc2n1. The molecule has 0 saturated heterocycles. The molecule has 0 spiro atoms. The number of hydrogen-bond acceptors (Lipinski definition) is 4. The number of pyridine rings is 1. The van der Waals surface area contributed by atoms with Gasteiger partial charge < -0.3 is 10.1 Å². The summed E-state index contributed by atoms with van der Waals surface area (Å²) < 4.78 is 5.50.